The molecule has 3 heterocycles. The SMILES string of the molecule is CCC(=O)N1N=C(c2ccsc2)C[C@H]1c1ccco1. The molecule has 2 aromatic heterocycles. The molecule has 0 unspecified atom stereocenters. The minimum atomic E-state index is -0.114. The van der Waals surface area contributed by atoms with Crippen LogP contribution in [-0.4, -0.2) is 16.6 Å². The van der Waals surface area contributed by atoms with Crippen molar-refractivity contribution in [3.05, 3.63) is 46.5 Å². The normalized spacial score (nSPS) is 18.7. The molecule has 4 nitrogen and oxygen atoms in total. The third-order valence-corrected chi connectivity index (χ3v) is 3.88. The second kappa shape index (κ2) is 5.01. The van der Waals surface area contributed by atoms with Crippen LogP contribution in [0.3, 0.4) is 0 Å². The van der Waals surface area contributed by atoms with Gasteiger partial charge in [0.1, 0.15) is 11.8 Å². The first kappa shape index (κ1) is 12.2. The fraction of sp³-hybridized carbons (Fsp3) is 0.286. The van der Waals surface area contributed by atoms with E-state index in [4.69, 9.17) is 4.42 Å². The van der Waals surface area contributed by atoms with Gasteiger partial charge in [-0.3, -0.25) is 4.79 Å². The Bertz CT molecular complexity index is 587. The number of thiophene rings is 1. The largest absolute Gasteiger partial charge is 0.467 e. The second-order valence-electron chi connectivity index (χ2n) is 4.39. The molecule has 2 aromatic rings. The molecular formula is C14H14N2O2S. The summed E-state index contributed by atoms with van der Waals surface area (Å²) in [4.78, 5) is 12.0. The number of nitrogens with zero attached hydrogens (tertiary/aromatic N) is 2. The average Bonchev–Trinajstić information content (AvgIpc) is 3.14. The minimum absolute atomic E-state index is 0.0200. The Balaban J connectivity index is 1.93. The summed E-state index contributed by atoms with van der Waals surface area (Å²) >= 11 is 1.63. The molecule has 98 valence electrons. The molecule has 1 atom stereocenters. The van der Waals surface area contributed by atoms with Crippen molar-refractivity contribution in [2.75, 3.05) is 0 Å². The number of carbonyl (C=O) groups excluding carboxylic acids is 1. The lowest BCUT2D eigenvalue weighted by atomic mass is 10.0. The molecule has 0 N–H and O–H groups in total. The van der Waals surface area contributed by atoms with Crippen LogP contribution in [-0.2, 0) is 4.79 Å². The van der Waals surface area contributed by atoms with Crippen LogP contribution in [0, 0.1) is 0 Å². The van der Waals surface area contributed by atoms with Gasteiger partial charge in [0.15, 0.2) is 0 Å². The van der Waals surface area contributed by atoms with Crippen LogP contribution in [0.2, 0.25) is 0 Å². The number of furan rings is 1. The molecule has 0 radical (unpaired) electrons. The highest BCUT2D eigenvalue weighted by atomic mass is 32.1. The number of hydrazone groups is 1. The van der Waals surface area contributed by atoms with Crippen LogP contribution in [0.25, 0.3) is 0 Å². The fourth-order valence-corrected chi connectivity index (χ4v) is 2.87. The molecule has 5 heteroatoms. The van der Waals surface area contributed by atoms with E-state index in [2.05, 4.69) is 10.5 Å². The number of hydrogen-bond acceptors (Lipinski definition) is 4. The van der Waals surface area contributed by atoms with Crippen LogP contribution < -0.4 is 0 Å². The standard InChI is InChI=1S/C14H14N2O2S/c1-2-14(17)16-12(13-4-3-6-18-13)8-11(15-16)10-5-7-19-9-10/h3-7,9,12H,2,8H2,1H3/t12-/m0/s1. The highest BCUT2D eigenvalue weighted by Gasteiger charge is 2.34. The van der Waals surface area contributed by atoms with Crippen molar-refractivity contribution in [1.29, 1.82) is 0 Å². The van der Waals surface area contributed by atoms with E-state index in [0.717, 1.165) is 17.0 Å². The summed E-state index contributed by atoms with van der Waals surface area (Å²) in [5.74, 6) is 0.808. The summed E-state index contributed by atoms with van der Waals surface area (Å²) < 4.78 is 5.44. The Kier molecular flexibility index (Phi) is 3.21. The van der Waals surface area contributed by atoms with Crippen molar-refractivity contribution in [2.45, 2.75) is 25.8 Å². The number of hydrogen-bond donors (Lipinski definition) is 0. The lowest BCUT2D eigenvalue weighted by molar-refractivity contribution is -0.133. The van der Waals surface area contributed by atoms with Gasteiger partial charge in [-0.15, -0.1) is 0 Å². The maximum atomic E-state index is 12.0. The first-order valence-corrected chi connectivity index (χ1v) is 7.19. The van der Waals surface area contributed by atoms with E-state index in [1.165, 1.54) is 0 Å². The minimum Gasteiger partial charge on any atom is -0.467 e. The molecule has 0 bridgehead atoms. The Hall–Kier alpha value is -1.88. The summed E-state index contributed by atoms with van der Waals surface area (Å²) in [5, 5.41) is 10.1. The van der Waals surface area contributed by atoms with E-state index >= 15 is 0 Å². The molecule has 1 aliphatic heterocycles. The van der Waals surface area contributed by atoms with Crippen LogP contribution in [0.1, 0.15) is 37.1 Å². The lowest BCUT2D eigenvalue weighted by Gasteiger charge is -2.18. The van der Waals surface area contributed by atoms with Gasteiger partial charge in [0.2, 0.25) is 5.91 Å². The molecule has 1 aliphatic rings. The molecule has 3 rings (SSSR count). The molecule has 0 aromatic carbocycles. The Labute approximate surface area is 115 Å². The maximum Gasteiger partial charge on any atom is 0.243 e. The molecule has 0 fully saturated rings. The van der Waals surface area contributed by atoms with Gasteiger partial charge in [-0.25, -0.2) is 5.01 Å². The predicted octanol–water partition coefficient (Wildman–Crippen LogP) is 3.43. The van der Waals surface area contributed by atoms with E-state index in [1.54, 1.807) is 22.6 Å². The van der Waals surface area contributed by atoms with Gasteiger partial charge in [-0.1, -0.05) is 6.92 Å². The summed E-state index contributed by atoms with van der Waals surface area (Å²) in [6, 6.07) is 5.65. The summed E-state index contributed by atoms with van der Waals surface area (Å²) in [7, 11) is 0. The number of rotatable bonds is 3. The first-order valence-electron chi connectivity index (χ1n) is 6.25. The molecule has 0 aliphatic carbocycles. The average molecular weight is 274 g/mol. The third kappa shape index (κ3) is 2.21. The van der Waals surface area contributed by atoms with Gasteiger partial charge >= 0.3 is 0 Å². The first-order chi connectivity index (χ1) is 9.29. The van der Waals surface area contributed by atoms with Gasteiger partial charge < -0.3 is 4.42 Å². The zero-order valence-electron chi connectivity index (χ0n) is 10.6. The van der Waals surface area contributed by atoms with Crippen molar-refractivity contribution in [1.82, 2.24) is 5.01 Å². The van der Waals surface area contributed by atoms with Crippen LogP contribution in [0.5, 0.6) is 0 Å². The second-order valence-corrected chi connectivity index (χ2v) is 5.17. The Morgan fingerprint density at radius 3 is 3.11 bits per heavy atom. The lowest BCUT2D eigenvalue weighted by Crippen LogP contribution is -2.25. The molecule has 19 heavy (non-hydrogen) atoms. The third-order valence-electron chi connectivity index (χ3n) is 3.19. The molecule has 1 amide bonds. The Morgan fingerprint density at radius 1 is 1.58 bits per heavy atom. The summed E-state index contributed by atoms with van der Waals surface area (Å²) in [6.07, 6.45) is 2.78. The quantitative estimate of drug-likeness (QED) is 0.860. The van der Waals surface area contributed by atoms with E-state index in [-0.39, 0.29) is 11.9 Å². The van der Waals surface area contributed by atoms with Gasteiger partial charge in [-0.2, -0.15) is 16.4 Å². The highest BCUT2D eigenvalue weighted by molar-refractivity contribution is 7.08. The van der Waals surface area contributed by atoms with Gasteiger partial charge in [0, 0.05) is 18.4 Å². The van der Waals surface area contributed by atoms with Crippen molar-refractivity contribution < 1.29 is 9.21 Å². The van der Waals surface area contributed by atoms with E-state index in [0.29, 0.717) is 12.8 Å². The number of carbonyl (C=O) groups is 1. The van der Waals surface area contributed by atoms with Crippen LogP contribution in [0.15, 0.2) is 44.7 Å². The monoisotopic (exact) mass is 274 g/mol. The van der Waals surface area contributed by atoms with Gasteiger partial charge in [0.25, 0.3) is 0 Å². The Morgan fingerprint density at radius 2 is 2.47 bits per heavy atom. The fourth-order valence-electron chi connectivity index (χ4n) is 2.21. The topological polar surface area (TPSA) is 45.8 Å². The molecular weight excluding hydrogens is 260 g/mol. The smallest absolute Gasteiger partial charge is 0.243 e. The van der Waals surface area contributed by atoms with E-state index < -0.39 is 0 Å². The van der Waals surface area contributed by atoms with Crippen molar-refractivity contribution in [2.24, 2.45) is 5.10 Å². The van der Waals surface area contributed by atoms with Gasteiger partial charge in [-0.05, 0) is 29.0 Å². The molecule has 0 saturated heterocycles. The predicted molar refractivity (Wildman–Crippen MR) is 74.1 cm³/mol. The van der Waals surface area contributed by atoms with Crippen molar-refractivity contribution in [3.8, 4) is 0 Å². The van der Waals surface area contributed by atoms with E-state index in [1.807, 2.05) is 30.5 Å². The number of amides is 1. The highest BCUT2D eigenvalue weighted by Crippen LogP contribution is 2.33. The van der Waals surface area contributed by atoms with Gasteiger partial charge in [0.05, 0.1) is 12.0 Å². The van der Waals surface area contributed by atoms with E-state index in [9.17, 15) is 4.79 Å². The van der Waals surface area contributed by atoms with Crippen molar-refractivity contribution >= 4 is 23.0 Å². The zero-order chi connectivity index (χ0) is 13.2. The summed E-state index contributed by atoms with van der Waals surface area (Å²) in [5.41, 5.74) is 2.04. The zero-order valence-corrected chi connectivity index (χ0v) is 11.4. The van der Waals surface area contributed by atoms with Crippen LogP contribution >= 0.6 is 11.3 Å². The molecule has 0 saturated carbocycles. The van der Waals surface area contributed by atoms with Crippen molar-refractivity contribution in [3.63, 3.8) is 0 Å². The summed E-state index contributed by atoms with van der Waals surface area (Å²) in [6.45, 7) is 1.85. The molecule has 0 spiro atoms. The van der Waals surface area contributed by atoms with Crippen LogP contribution in [0.4, 0.5) is 0 Å². The maximum absolute atomic E-state index is 12.0.